The Kier molecular flexibility index (Phi) is 4.17. The molecule has 0 nitrogen and oxygen atoms in total. The largest absolute Gasteiger partial charge is 0.0982 e. The van der Waals surface area contributed by atoms with Crippen LogP contribution in [0.5, 0.6) is 0 Å². The predicted octanol–water partition coefficient (Wildman–Crippen LogP) is 5.65. The van der Waals surface area contributed by atoms with Gasteiger partial charge >= 0.3 is 0 Å². The standard InChI is InChI=1S/C13H25P.C2H6/c1-11(2)9-13(7-6-8-13)10-12(3,4)14(11)5;1-2/h6-10H2,1-5H3;1-2H3. The third-order valence-corrected chi connectivity index (χ3v) is 8.79. The third-order valence-electron chi connectivity index (χ3n) is 4.85. The summed E-state index contributed by atoms with van der Waals surface area (Å²) in [5, 5.41) is 1.25. The summed E-state index contributed by atoms with van der Waals surface area (Å²) < 4.78 is 0. The highest BCUT2D eigenvalue weighted by Gasteiger charge is 2.53. The van der Waals surface area contributed by atoms with Crippen molar-refractivity contribution in [1.82, 2.24) is 0 Å². The van der Waals surface area contributed by atoms with Gasteiger partial charge in [-0.2, -0.15) is 0 Å². The maximum atomic E-state index is 2.53. The zero-order chi connectivity index (χ0) is 12.6. The van der Waals surface area contributed by atoms with Crippen LogP contribution < -0.4 is 0 Å². The summed E-state index contributed by atoms with van der Waals surface area (Å²) in [5.41, 5.74) is 0.766. The fourth-order valence-electron chi connectivity index (χ4n) is 3.98. The molecule has 1 aliphatic heterocycles. The van der Waals surface area contributed by atoms with Crippen LogP contribution in [0.4, 0.5) is 0 Å². The second kappa shape index (κ2) is 4.60. The number of hydrogen-bond donors (Lipinski definition) is 0. The lowest BCUT2D eigenvalue weighted by molar-refractivity contribution is 0.0709. The molecule has 1 aliphatic carbocycles. The molecule has 1 spiro atoms. The molecule has 1 saturated carbocycles. The number of rotatable bonds is 0. The highest BCUT2D eigenvalue weighted by molar-refractivity contribution is 7.60. The first-order valence-electron chi connectivity index (χ1n) is 7.02. The van der Waals surface area contributed by atoms with Crippen molar-refractivity contribution in [3.63, 3.8) is 0 Å². The molecule has 2 rings (SSSR count). The molecule has 2 fully saturated rings. The van der Waals surface area contributed by atoms with Gasteiger partial charge in [-0.15, -0.1) is 0 Å². The van der Waals surface area contributed by atoms with Gasteiger partial charge in [-0.3, -0.25) is 0 Å². The third kappa shape index (κ3) is 2.47. The molecule has 2 aliphatic rings. The lowest BCUT2D eigenvalue weighted by atomic mass is 9.60. The topological polar surface area (TPSA) is 0 Å². The van der Waals surface area contributed by atoms with Crippen molar-refractivity contribution in [2.75, 3.05) is 6.66 Å². The molecule has 0 atom stereocenters. The van der Waals surface area contributed by atoms with Crippen LogP contribution in [0.1, 0.15) is 73.6 Å². The zero-order valence-corrected chi connectivity index (χ0v) is 13.4. The summed E-state index contributed by atoms with van der Waals surface area (Å²) in [6.45, 7) is 16.6. The number of hydrogen-bond acceptors (Lipinski definition) is 0. The van der Waals surface area contributed by atoms with Gasteiger partial charge in [-0.05, 0) is 48.1 Å². The van der Waals surface area contributed by atoms with Crippen LogP contribution in [0, 0.1) is 5.41 Å². The van der Waals surface area contributed by atoms with Crippen molar-refractivity contribution >= 4 is 7.92 Å². The van der Waals surface area contributed by atoms with Gasteiger partial charge in [0, 0.05) is 0 Å². The van der Waals surface area contributed by atoms with Crippen molar-refractivity contribution in [3.8, 4) is 0 Å². The van der Waals surface area contributed by atoms with Crippen LogP contribution in [0.25, 0.3) is 0 Å². The summed E-state index contributed by atoms with van der Waals surface area (Å²) in [4.78, 5) is 0. The van der Waals surface area contributed by atoms with E-state index in [4.69, 9.17) is 0 Å². The Labute approximate surface area is 104 Å². The molecule has 0 unspecified atom stereocenters. The van der Waals surface area contributed by atoms with Crippen LogP contribution in [-0.4, -0.2) is 17.0 Å². The maximum absolute atomic E-state index is 2.53. The van der Waals surface area contributed by atoms with Gasteiger partial charge in [0.25, 0.3) is 0 Å². The van der Waals surface area contributed by atoms with Gasteiger partial charge < -0.3 is 0 Å². The predicted molar refractivity (Wildman–Crippen MR) is 77.9 cm³/mol. The summed E-state index contributed by atoms with van der Waals surface area (Å²) in [7, 11) is 0.192. The smallest absolute Gasteiger partial charge is 0.0143 e. The average molecular weight is 242 g/mol. The Bertz CT molecular complexity index is 216. The SMILES string of the molecule is CC.CP1C(C)(C)CC2(CCC2)CC1(C)C. The summed E-state index contributed by atoms with van der Waals surface area (Å²) >= 11 is 0. The van der Waals surface area contributed by atoms with E-state index >= 15 is 0 Å². The van der Waals surface area contributed by atoms with Crippen LogP contribution in [-0.2, 0) is 0 Å². The molecule has 0 aromatic carbocycles. The normalized spacial score (nSPS) is 30.2. The van der Waals surface area contributed by atoms with Crippen molar-refractivity contribution in [2.24, 2.45) is 5.41 Å². The minimum atomic E-state index is 0.192. The second-order valence-electron chi connectivity index (χ2n) is 6.89. The van der Waals surface area contributed by atoms with Gasteiger partial charge in [0.1, 0.15) is 0 Å². The molecule has 0 amide bonds. The Morgan fingerprint density at radius 3 is 1.44 bits per heavy atom. The van der Waals surface area contributed by atoms with E-state index in [0.717, 1.165) is 5.41 Å². The van der Waals surface area contributed by atoms with Gasteiger partial charge in [0.05, 0.1) is 0 Å². The molecule has 96 valence electrons. The van der Waals surface area contributed by atoms with Crippen LogP contribution in [0.2, 0.25) is 0 Å². The van der Waals surface area contributed by atoms with E-state index in [1.165, 1.54) is 32.1 Å². The van der Waals surface area contributed by atoms with Gasteiger partial charge in [0.2, 0.25) is 0 Å². The first kappa shape index (κ1) is 14.5. The Morgan fingerprint density at radius 1 is 0.812 bits per heavy atom. The van der Waals surface area contributed by atoms with Crippen LogP contribution >= 0.6 is 7.92 Å². The molecular formula is C15H31P. The van der Waals surface area contributed by atoms with Gasteiger partial charge in [-0.25, -0.2) is 0 Å². The molecular weight excluding hydrogens is 211 g/mol. The fraction of sp³-hybridized carbons (Fsp3) is 1.00. The summed E-state index contributed by atoms with van der Waals surface area (Å²) in [6.07, 6.45) is 7.54. The monoisotopic (exact) mass is 242 g/mol. The van der Waals surface area contributed by atoms with E-state index in [1.807, 2.05) is 13.8 Å². The lowest BCUT2D eigenvalue weighted by Gasteiger charge is -2.60. The quantitative estimate of drug-likeness (QED) is 0.482. The van der Waals surface area contributed by atoms with E-state index in [-0.39, 0.29) is 7.92 Å². The molecule has 1 heteroatoms. The molecule has 0 N–H and O–H groups in total. The van der Waals surface area contributed by atoms with E-state index in [1.54, 1.807) is 0 Å². The van der Waals surface area contributed by atoms with Crippen molar-refractivity contribution in [3.05, 3.63) is 0 Å². The Balaban J connectivity index is 0.000000606. The molecule has 16 heavy (non-hydrogen) atoms. The summed E-state index contributed by atoms with van der Waals surface area (Å²) in [6, 6.07) is 0. The van der Waals surface area contributed by atoms with Crippen molar-refractivity contribution in [2.45, 2.75) is 84.0 Å². The minimum Gasteiger partial charge on any atom is -0.0982 e. The molecule has 0 aromatic heterocycles. The molecule has 0 aromatic rings. The second-order valence-corrected chi connectivity index (χ2v) is 10.4. The van der Waals surface area contributed by atoms with Crippen molar-refractivity contribution < 1.29 is 0 Å². The zero-order valence-electron chi connectivity index (χ0n) is 12.5. The Morgan fingerprint density at radius 2 is 1.19 bits per heavy atom. The highest BCUT2D eigenvalue weighted by Crippen LogP contribution is 2.71. The highest BCUT2D eigenvalue weighted by atomic mass is 31.1. The molecule has 1 saturated heterocycles. The lowest BCUT2D eigenvalue weighted by Crippen LogP contribution is -2.48. The van der Waals surface area contributed by atoms with E-state index in [2.05, 4.69) is 34.4 Å². The fourth-order valence-corrected chi connectivity index (χ4v) is 6.77. The van der Waals surface area contributed by atoms with E-state index in [9.17, 15) is 0 Å². The molecule has 0 radical (unpaired) electrons. The average Bonchev–Trinajstić information content (AvgIpc) is 2.14. The summed E-state index contributed by atoms with van der Waals surface area (Å²) in [5.74, 6) is 0. The van der Waals surface area contributed by atoms with Crippen molar-refractivity contribution in [1.29, 1.82) is 0 Å². The molecule has 1 heterocycles. The minimum absolute atomic E-state index is 0.192. The van der Waals surface area contributed by atoms with Gasteiger partial charge in [0.15, 0.2) is 0 Å². The Hall–Kier alpha value is 0.430. The van der Waals surface area contributed by atoms with Crippen LogP contribution in [0.3, 0.4) is 0 Å². The molecule has 0 bridgehead atoms. The van der Waals surface area contributed by atoms with E-state index in [0.29, 0.717) is 10.3 Å². The maximum Gasteiger partial charge on any atom is -0.0143 e. The van der Waals surface area contributed by atoms with E-state index < -0.39 is 0 Å². The first-order valence-corrected chi connectivity index (χ1v) is 8.80. The first-order chi connectivity index (χ1) is 7.28. The van der Waals surface area contributed by atoms with Gasteiger partial charge in [-0.1, -0.05) is 55.9 Å². The van der Waals surface area contributed by atoms with Crippen LogP contribution in [0.15, 0.2) is 0 Å².